The van der Waals surface area contributed by atoms with Gasteiger partial charge in [0.2, 0.25) is 0 Å². The first-order valence-corrected chi connectivity index (χ1v) is 11.5. The molecule has 0 N–H and O–H groups in total. The Labute approximate surface area is 187 Å². The van der Waals surface area contributed by atoms with Crippen LogP contribution in [0.25, 0.3) is 0 Å². The molecule has 0 radical (unpaired) electrons. The number of carbonyl (C=O) groups is 1. The van der Waals surface area contributed by atoms with Gasteiger partial charge in [0.25, 0.3) is 0 Å². The van der Waals surface area contributed by atoms with Gasteiger partial charge < -0.3 is 9.47 Å². The SMILES string of the molecule is CCc1ccc(OCc2nnc(S[C@@H]3C[C@H](C)OC3=O)n2[C@H](C)c2ccccc2)cc1. The smallest absolute Gasteiger partial charge is 0.319 e. The van der Waals surface area contributed by atoms with Gasteiger partial charge in [-0.25, -0.2) is 0 Å². The van der Waals surface area contributed by atoms with Gasteiger partial charge in [0.05, 0.1) is 6.04 Å². The summed E-state index contributed by atoms with van der Waals surface area (Å²) in [6.07, 6.45) is 1.60. The fourth-order valence-corrected chi connectivity index (χ4v) is 4.91. The molecule has 1 fully saturated rings. The van der Waals surface area contributed by atoms with Crippen molar-refractivity contribution >= 4 is 17.7 Å². The van der Waals surface area contributed by atoms with E-state index in [4.69, 9.17) is 9.47 Å². The average molecular weight is 438 g/mol. The Kier molecular flexibility index (Phi) is 6.61. The molecular formula is C24H27N3O3S. The summed E-state index contributed by atoms with van der Waals surface area (Å²) in [5, 5.41) is 9.26. The van der Waals surface area contributed by atoms with Crippen LogP contribution in [0, 0.1) is 0 Å². The Hall–Kier alpha value is -2.80. The summed E-state index contributed by atoms with van der Waals surface area (Å²) in [5.74, 6) is 1.33. The molecule has 0 spiro atoms. The molecule has 6 nitrogen and oxygen atoms in total. The van der Waals surface area contributed by atoms with Crippen molar-refractivity contribution in [1.82, 2.24) is 14.8 Å². The van der Waals surface area contributed by atoms with Crippen LogP contribution in [-0.2, 0) is 22.6 Å². The molecule has 0 unspecified atom stereocenters. The number of esters is 1. The van der Waals surface area contributed by atoms with E-state index in [-0.39, 0.29) is 23.4 Å². The van der Waals surface area contributed by atoms with Crippen molar-refractivity contribution in [3.05, 3.63) is 71.5 Å². The van der Waals surface area contributed by atoms with E-state index in [2.05, 4.69) is 52.9 Å². The Morgan fingerprint density at radius 3 is 2.55 bits per heavy atom. The molecule has 31 heavy (non-hydrogen) atoms. The van der Waals surface area contributed by atoms with Crippen LogP contribution >= 0.6 is 11.8 Å². The average Bonchev–Trinajstić information content (AvgIpc) is 3.34. The van der Waals surface area contributed by atoms with E-state index >= 15 is 0 Å². The maximum absolute atomic E-state index is 12.2. The standard InChI is InChI=1S/C24H27N3O3S/c1-4-18-10-12-20(13-11-18)29-15-22-25-26-24(31-21-14-16(2)30-23(21)28)27(22)17(3)19-8-6-5-7-9-19/h5-13,16-17,21H,4,14-15H2,1-3H3/t16-,17+,21+/m0/s1. The van der Waals surface area contributed by atoms with E-state index in [1.807, 2.05) is 37.3 Å². The lowest BCUT2D eigenvalue weighted by atomic mass is 10.1. The van der Waals surface area contributed by atoms with Crippen molar-refractivity contribution < 1.29 is 14.3 Å². The summed E-state index contributed by atoms with van der Waals surface area (Å²) in [4.78, 5) is 12.2. The number of rotatable bonds is 8. The molecule has 0 saturated carbocycles. The molecule has 4 rings (SSSR count). The maximum Gasteiger partial charge on any atom is 0.319 e. The van der Waals surface area contributed by atoms with Gasteiger partial charge in [0, 0.05) is 6.42 Å². The van der Waals surface area contributed by atoms with Gasteiger partial charge in [0.15, 0.2) is 11.0 Å². The fraction of sp³-hybridized carbons (Fsp3) is 0.375. The van der Waals surface area contributed by atoms with Crippen LogP contribution in [0.3, 0.4) is 0 Å². The van der Waals surface area contributed by atoms with Crippen LogP contribution in [0.4, 0.5) is 0 Å². The van der Waals surface area contributed by atoms with Crippen molar-refractivity contribution in [3.63, 3.8) is 0 Å². The highest BCUT2D eigenvalue weighted by Crippen LogP contribution is 2.34. The predicted molar refractivity (Wildman–Crippen MR) is 120 cm³/mol. The minimum absolute atomic E-state index is 0.00499. The van der Waals surface area contributed by atoms with Gasteiger partial charge in [-0.15, -0.1) is 10.2 Å². The zero-order valence-electron chi connectivity index (χ0n) is 18.0. The monoisotopic (exact) mass is 437 g/mol. The van der Waals surface area contributed by atoms with E-state index < -0.39 is 0 Å². The second kappa shape index (κ2) is 9.56. The van der Waals surface area contributed by atoms with Crippen LogP contribution in [0.15, 0.2) is 59.8 Å². The van der Waals surface area contributed by atoms with E-state index in [0.717, 1.165) is 23.6 Å². The van der Waals surface area contributed by atoms with Crippen molar-refractivity contribution in [3.8, 4) is 5.75 Å². The lowest BCUT2D eigenvalue weighted by Gasteiger charge is -2.19. The van der Waals surface area contributed by atoms with Crippen molar-refractivity contribution in [2.45, 2.75) is 62.8 Å². The highest BCUT2D eigenvalue weighted by molar-refractivity contribution is 8.00. The number of thioether (sulfide) groups is 1. The number of aryl methyl sites for hydroxylation is 1. The lowest BCUT2D eigenvalue weighted by molar-refractivity contribution is -0.140. The van der Waals surface area contributed by atoms with Crippen LogP contribution in [0.5, 0.6) is 5.75 Å². The number of benzene rings is 2. The molecule has 0 bridgehead atoms. The summed E-state index contributed by atoms with van der Waals surface area (Å²) in [7, 11) is 0. The number of cyclic esters (lactones) is 1. The lowest BCUT2D eigenvalue weighted by Crippen LogP contribution is -2.16. The van der Waals surface area contributed by atoms with Gasteiger partial charge in [-0.1, -0.05) is 61.2 Å². The van der Waals surface area contributed by atoms with Crippen LogP contribution in [0.1, 0.15) is 50.2 Å². The second-order valence-corrected chi connectivity index (χ2v) is 8.90. The third-order valence-corrected chi connectivity index (χ3v) is 6.64. The largest absolute Gasteiger partial charge is 0.486 e. The van der Waals surface area contributed by atoms with Gasteiger partial charge in [-0.2, -0.15) is 0 Å². The quantitative estimate of drug-likeness (QED) is 0.471. The molecule has 3 aromatic rings. The number of hydrogen-bond acceptors (Lipinski definition) is 6. The maximum atomic E-state index is 12.2. The second-order valence-electron chi connectivity index (χ2n) is 7.73. The van der Waals surface area contributed by atoms with Crippen molar-refractivity contribution in [2.24, 2.45) is 0 Å². The van der Waals surface area contributed by atoms with Gasteiger partial charge in [0.1, 0.15) is 23.7 Å². The minimum Gasteiger partial charge on any atom is -0.486 e. The normalized spacial score (nSPS) is 19.3. The molecule has 2 heterocycles. The molecule has 1 aliphatic rings. The Bertz CT molecular complexity index is 1020. The van der Waals surface area contributed by atoms with Gasteiger partial charge in [-0.3, -0.25) is 9.36 Å². The number of nitrogens with zero attached hydrogens (tertiary/aromatic N) is 3. The molecule has 7 heteroatoms. The zero-order valence-corrected chi connectivity index (χ0v) is 18.8. The molecule has 3 atom stereocenters. The summed E-state index contributed by atoms with van der Waals surface area (Å²) < 4.78 is 13.4. The first kappa shape index (κ1) is 21.4. The predicted octanol–water partition coefficient (Wildman–Crippen LogP) is 4.82. The molecule has 1 saturated heterocycles. The van der Waals surface area contributed by atoms with E-state index in [1.165, 1.54) is 17.3 Å². The topological polar surface area (TPSA) is 66.2 Å². The molecular weight excluding hydrogens is 410 g/mol. The summed E-state index contributed by atoms with van der Waals surface area (Å²) in [6, 6.07) is 18.3. The summed E-state index contributed by atoms with van der Waals surface area (Å²) in [5.41, 5.74) is 2.41. The fourth-order valence-electron chi connectivity index (χ4n) is 3.67. The number of carbonyl (C=O) groups excluding carboxylic acids is 1. The highest BCUT2D eigenvalue weighted by Gasteiger charge is 2.35. The molecule has 1 aliphatic heterocycles. The van der Waals surface area contributed by atoms with E-state index in [0.29, 0.717) is 18.2 Å². The Balaban J connectivity index is 1.59. The first-order chi connectivity index (χ1) is 15.0. The molecule has 1 aromatic heterocycles. The first-order valence-electron chi connectivity index (χ1n) is 10.6. The minimum atomic E-state index is -0.267. The molecule has 0 aliphatic carbocycles. The third kappa shape index (κ3) is 4.93. The van der Waals surface area contributed by atoms with Crippen LogP contribution < -0.4 is 4.74 Å². The zero-order chi connectivity index (χ0) is 21.8. The van der Waals surface area contributed by atoms with Crippen molar-refractivity contribution in [1.29, 1.82) is 0 Å². The third-order valence-electron chi connectivity index (χ3n) is 5.48. The molecule has 162 valence electrons. The van der Waals surface area contributed by atoms with Crippen LogP contribution in [0.2, 0.25) is 0 Å². The molecule has 0 amide bonds. The van der Waals surface area contributed by atoms with E-state index in [9.17, 15) is 4.79 Å². The Morgan fingerprint density at radius 2 is 1.90 bits per heavy atom. The number of ether oxygens (including phenoxy) is 2. The van der Waals surface area contributed by atoms with Gasteiger partial charge in [-0.05, 0) is 43.5 Å². The van der Waals surface area contributed by atoms with Crippen molar-refractivity contribution in [2.75, 3.05) is 0 Å². The Morgan fingerprint density at radius 1 is 1.16 bits per heavy atom. The number of aromatic nitrogens is 3. The summed E-state index contributed by atoms with van der Waals surface area (Å²) >= 11 is 1.42. The highest BCUT2D eigenvalue weighted by atomic mass is 32.2. The van der Waals surface area contributed by atoms with E-state index in [1.54, 1.807) is 0 Å². The summed E-state index contributed by atoms with van der Waals surface area (Å²) in [6.45, 7) is 6.45. The number of hydrogen-bond donors (Lipinski definition) is 0. The van der Waals surface area contributed by atoms with Gasteiger partial charge >= 0.3 is 5.97 Å². The molecule has 2 aromatic carbocycles. The van der Waals surface area contributed by atoms with Crippen LogP contribution in [-0.4, -0.2) is 32.1 Å².